The summed E-state index contributed by atoms with van der Waals surface area (Å²) in [4.78, 5) is 20.9. The highest BCUT2D eigenvalue weighted by molar-refractivity contribution is 5.77. The van der Waals surface area contributed by atoms with Gasteiger partial charge in [-0.25, -0.2) is 0 Å². The van der Waals surface area contributed by atoms with Gasteiger partial charge < -0.3 is 15.9 Å². The molecule has 0 heterocycles. The standard InChI is InChI=1S/C7H11NO4/c8-5(7(11)12)3-1-2-4(3)6(9)10/h3-5H,1-2,8H2,(H,9,10)(H,11,12)/t3-,4+,5-/m0/s1. The van der Waals surface area contributed by atoms with Crippen LogP contribution in [0.25, 0.3) is 0 Å². The lowest BCUT2D eigenvalue weighted by Gasteiger charge is -2.35. The lowest BCUT2D eigenvalue weighted by molar-refractivity contribution is -0.151. The Morgan fingerprint density at radius 2 is 1.92 bits per heavy atom. The van der Waals surface area contributed by atoms with Crippen LogP contribution >= 0.6 is 0 Å². The summed E-state index contributed by atoms with van der Waals surface area (Å²) >= 11 is 0. The molecular formula is C7H11NO4. The molecule has 1 rings (SSSR count). The Hall–Kier alpha value is -1.10. The molecule has 68 valence electrons. The molecule has 4 N–H and O–H groups in total. The van der Waals surface area contributed by atoms with Gasteiger partial charge in [-0.1, -0.05) is 0 Å². The van der Waals surface area contributed by atoms with Gasteiger partial charge in [-0.15, -0.1) is 0 Å². The lowest BCUT2D eigenvalue weighted by Crippen LogP contribution is -2.48. The average molecular weight is 173 g/mol. The Morgan fingerprint density at radius 3 is 2.17 bits per heavy atom. The molecule has 0 aliphatic heterocycles. The quantitative estimate of drug-likeness (QED) is 0.534. The first-order chi connectivity index (χ1) is 5.54. The second-order valence-corrected chi connectivity index (χ2v) is 3.05. The highest BCUT2D eigenvalue weighted by Gasteiger charge is 2.42. The van der Waals surface area contributed by atoms with Gasteiger partial charge in [-0.2, -0.15) is 0 Å². The van der Waals surface area contributed by atoms with E-state index in [0.717, 1.165) is 0 Å². The van der Waals surface area contributed by atoms with Crippen LogP contribution in [0.5, 0.6) is 0 Å². The molecule has 0 spiro atoms. The number of carbonyl (C=O) groups is 2. The number of carboxylic acids is 2. The van der Waals surface area contributed by atoms with E-state index in [2.05, 4.69) is 0 Å². The fraction of sp³-hybridized carbons (Fsp3) is 0.714. The number of rotatable bonds is 3. The second kappa shape index (κ2) is 3.10. The Bertz CT molecular complexity index is 199. The highest BCUT2D eigenvalue weighted by Crippen LogP contribution is 2.36. The van der Waals surface area contributed by atoms with Crippen molar-refractivity contribution in [1.82, 2.24) is 0 Å². The van der Waals surface area contributed by atoms with Crippen LogP contribution < -0.4 is 5.73 Å². The molecule has 1 aliphatic carbocycles. The van der Waals surface area contributed by atoms with Gasteiger partial charge >= 0.3 is 11.9 Å². The Kier molecular flexibility index (Phi) is 2.32. The normalized spacial score (nSPS) is 30.4. The van der Waals surface area contributed by atoms with Gasteiger partial charge in [0.2, 0.25) is 0 Å². The topological polar surface area (TPSA) is 101 Å². The van der Waals surface area contributed by atoms with Gasteiger partial charge in [-0.3, -0.25) is 9.59 Å². The van der Waals surface area contributed by atoms with Crippen molar-refractivity contribution in [1.29, 1.82) is 0 Å². The molecule has 1 aliphatic rings. The maximum Gasteiger partial charge on any atom is 0.320 e. The maximum atomic E-state index is 10.5. The average Bonchev–Trinajstić information content (AvgIpc) is 1.82. The summed E-state index contributed by atoms with van der Waals surface area (Å²) in [5, 5.41) is 17.1. The fourth-order valence-corrected chi connectivity index (χ4v) is 1.45. The van der Waals surface area contributed by atoms with Crippen LogP contribution in [0.1, 0.15) is 12.8 Å². The second-order valence-electron chi connectivity index (χ2n) is 3.05. The first-order valence-corrected chi connectivity index (χ1v) is 3.75. The van der Waals surface area contributed by atoms with E-state index in [1.54, 1.807) is 0 Å². The number of nitrogens with two attached hydrogens (primary N) is 1. The van der Waals surface area contributed by atoms with Crippen molar-refractivity contribution in [3.05, 3.63) is 0 Å². The summed E-state index contributed by atoms with van der Waals surface area (Å²) < 4.78 is 0. The Labute approximate surface area is 69.2 Å². The van der Waals surface area contributed by atoms with Gasteiger partial charge in [0.25, 0.3) is 0 Å². The summed E-state index contributed by atoms with van der Waals surface area (Å²) in [6.45, 7) is 0. The third-order valence-electron chi connectivity index (χ3n) is 2.39. The Morgan fingerprint density at radius 1 is 1.33 bits per heavy atom. The van der Waals surface area contributed by atoms with E-state index in [9.17, 15) is 9.59 Å². The van der Waals surface area contributed by atoms with Crippen LogP contribution in [-0.2, 0) is 9.59 Å². The van der Waals surface area contributed by atoms with Crippen molar-refractivity contribution in [3.63, 3.8) is 0 Å². The van der Waals surface area contributed by atoms with E-state index >= 15 is 0 Å². The Balaban J connectivity index is 2.54. The molecule has 0 amide bonds. The third kappa shape index (κ3) is 1.40. The summed E-state index contributed by atoms with van der Waals surface area (Å²) in [5.41, 5.74) is 5.29. The first-order valence-electron chi connectivity index (χ1n) is 3.75. The van der Waals surface area contributed by atoms with Crippen molar-refractivity contribution in [2.24, 2.45) is 17.6 Å². The van der Waals surface area contributed by atoms with E-state index in [4.69, 9.17) is 15.9 Å². The van der Waals surface area contributed by atoms with Gasteiger partial charge in [0.1, 0.15) is 6.04 Å². The minimum atomic E-state index is -1.12. The molecule has 12 heavy (non-hydrogen) atoms. The van der Waals surface area contributed by atoms with Gasteiger partial charge in [-0.05, 0) is 18.8 Å². The summed E-state index contributed by atoms with van der Waals surface area (Å²) in [7, 11) is 0. The molecule has 1 saturated carbocycles. The molecule has 5 nitrogen and oxygen atoms in total. The van der Waals surface area contributed by atoms with Gasteiger partial charge in [0, 0.05) is 0 Å². The molecule has 0 unspecified atom stereocenters. The largest absolute Gasteiger partial charge is 0.481 e. The molecule has 0 radical (unpaired) electrons. The van der Waals surface area contributed by atoms with Crippen molar-refractivity contribution < 1.29 is 19.8 Å². The van der Waals surface area contributed by atoms with Gasteiger partial charge in [0.05, 0.1) is 5.92 Å². The summed E-state index contributed by atoms with van der Waals surface area (Å²) in [6.07, 6.45) is 1.14. The molecule has 0 aromatic carbocycles. The molecule has 0 bridgehead atoms. The van der Waals surface area contributed by atoms with E-state index in [1.807, 2.05) is 0 Å². The zero-order valence-electron chi connectivity index (χ0n) is 6.43. The van der Waals surface area contributed by atoms with Crippen LogP contribution in [0.4, 0.5) is 0 Å². The summed E-state index contributed by atoms with van der Waals surface area (Å²) in [6, 6.07) is -1.03. The predicted molar refractivity (Wildman–Crippen MR) is 39.5 cm³/mol. The third-order valence-corrected chi connectivity index (χ3v) is 2.39. The number of carboxylic acid groups (broad SMARTS) is 2. The number of aliphatic carboxylic acids is 2. The molecule has 5 heteroatoms. The SMILES string of the molecule is N[C@H](C(=O)O)[C@H]1CC[C@H]1C(=O)O. The minimum Gasteiger partial charge on any atom is -0.481 e. The predicted octanol–water partition coefficient (Wildman–Crippen LogP) is -0.491. The minimum absolute atomic E-state index is 0.389. The van der Waals surface area contributed by atoms with Crippen LogP contribution in [-0.4, -0.2) is 28.2 Å². The zero-order chi connectivity index (χ0) is 9.30. The molecule has 3 atom stereocenters. The first kappa shape index (κ1) is 8.99. The van der Waals surface area contributed by atoms with Crippen molar-refractivity contribution in [3.8, 4) is 0 Å². The fourth-order valence-electron chi connectivity index (χ4n) is 1.45. The molecular weight excluding hydrogens is 162 g/mol. The molecule has 1 fully saturated rings. The number of hydrogen-bond donors (Lipinski definition) is 3. The van der Waals surface area contributed by atoms with E-state index in [-0.39, 0.29) is 5.92 Å². The molecule has 0 aromatic rings. The van der Waals surface area contributed by atoms with E-state index in [1.165, 1.54) is 0 Å². The highest BCUT2D eigenvalue weighted by atomic mass is 16.4. The monoisotopic (exact) mass is 173 g/mol. The summed E-state index contributed by atoms with van der Waals surface area (Å²) in [5.74, 6) is -3.01. The number of hydrogen-bond acceptors (Lipinski definition) is 3. The van der Waals surface area contributed by atoms with Crippen molar-refractivity contribution in [2.45, 2.75) is 18.9 Å². The zero-order valence-corrected chi connectivity index (χ0v) is 6.43. The van der Waals surface area contributed by atoms with Crippen molar-refractivity contribution >= 4 is 11.9 Å². The van der Waals surface area contributed by atoms with Crippen LogP contribution in [0.2, 0.25) is 0 Å². The van der Waals surface area contributed by atoms with E-state index in [0.29, 0.717) is 12.8 Å². The van der Waals surface area contributed by atoms with Crippen molar-refractivity contribution in [2.75, 3.05) is 0 Å². The van der Waals surface area contributed by atoms with Crippen LogP contribution in [0, 0.1) is 11.8 Å². The van der Waals surface area contributed by atoms with Crippen LogP contribution in [0.3, 0.4) is 0 Å². The van der Waals surface area contributed by atoms with Crippen LogP contribution in [0.15, 0.2) is 0 Å². The molecule has 0 saturated heterocycles. The molecule has 0 aromatic heterocycles. The van der Waals surface area contributed by atoms with Gasteiger partial charge in [0.15, 0.2) is 0 Å². The lowest BCUT2D eigenvalue weighted by atomic mass is 9.70. The maximum absolute atomic E-state index is 10.5. The smallest absolute Gasteiger partial charge is 0.320 e. The van der Waals surface area contributed by atoms with E-state index < -0.39 is 23.9 Å².